The van der Waals surface area contributed by atoms with Gasteiger partial charge in [-0.3, -0.25) is 24.5 Å². The summed E-state index contributed by atoms with van der Waals surface area (Å²) in [6, 6.07) is 12.7. The molecule has 1 unspecified atom stereocenters. The number of anilines is 1. The maximum atomic E-state index is 13.5. The van der Waals surface area contributed by atoms with E-state index in [2.05, 4.69) is 11.4 Å². The van der Waals surface area contributed by atoms with Crippen molar-refractivity contribution in [2.75, 3.05) is 11.4 Å². The highest BCUT2D eigenvalue weighted by atomic mass is 16.2. The largest absolute Gasteiger partial charge is 0.322 e. The molecule has 7 nitrogen and oxygen atoms in total. The monoisotopic (exact) mass is 429 g/mol. The predicted octanol–water partition coefficient (Wildman–Crippen LogP) is 2.53. The van der Waals surface area contributed by atoms with Gasteiger partial charge < -0.3 is 9.80 Å². The number of nitrogens with zero attached hydrogens (tertiary/aromatic N) is 2. The van der Waals surface area contributed by atoms with Crippen molar-refractivity contribution in [2.24, 2.45) is 0 Å². The van der Waals surface area contributed by atoms with Crippen LogP contribution in [0.2, 0.25) is 0 Å². The summed E-state index contributed by atoms with van der Waals surface area (Å²) in [5.74, 6) is -1.03. The smallest absolute Gasteiger partial charge is 0.258 e. The fraction of sp³-hybridized carbons (Fsp3) is 0.360. The second-order valence-corrected chi connectivity index (χ2v) is 9.31. The van der Waals surface area contributed by atoms with Crippen molar-refractivity contribution < 1.29 is 19.2 Å². The van der Waals surface area contributed by atoms with Crippen LogP contribution in [0.3, 0.4) is 0 Å². The zero-order valence-corrected chi connectivity index (χ0v) is 17.6. The summed E-state index contributed by atoms with van der Waals surface area (Å²) in [4.78, 5) is 53.5. The van der Waals surface area contributed by atoms with Crippen LogP contribution >= 0.6 is 0 Å². The first-order valence-electron chi connectivity index (χ1n) is 11.2. The number of imide groups is 1. The minimum Gasteiger partial charge on any atom is -0.322 e. The molecule has 32 heavy (non-hydrogen) atoms. The number of hydrogen-bond donors (Lipinski definition) is 1. The van der Waals surface area contributed by atoms with Crippen LogP contribution in [-0.4, -0.2) is 41.1 Å². The summed E-state index contributed by atoms with van der Waals surface area (Å²) < 4.78 is 0. The van der Waals surface area contributed by atoms with Gasteiger partial charge in [-0.15, -0.1) is 0 Å². The van der Waals surface area contributed by atoms with Gasteiger partial charge in [0.2, 0.25) is 11.8 Å². The van der Waals surface area contributed by atoms with E-state index >= 15 is 0 Å². The van der Waals surface area contributed by atoms with Crippen molar-refractivity contribution in [2.45, 2.75) is 50.1 Å². The first-order chi connectivity index (χ1) is 15.5. The van der Waals surface area contributed by atoms with E-state index in [1.54, 1.807) is 18.2 Å². The minimum absolute atomic E-state index is 0.0593. The average Bonchev–Trinajstić information content (AvgIpc) is 3.29. The highest BCUT2D eigenvalue weighted by Gasteiger charge is 2.48. The topological polar surface area (TPSA) is 86.8 Å². The summed E-state index contributed by atoms with van der Waals surface area (Å²) >= 11 is 0. The Morgan fingerprint density at radius 2 is 1.88 bits per heavy atom. The van der Waals surface area contributed by atoms with Crippen molar-refractivity contribution in [3.63, 3.8) is 0 Å². The average molecular weight is 429 g/mol. The highest BCUT2D eigenvalue weighted by Crippen LogP contribution is 2.52. The molecular formula is C25H23N3O4. The maximum Gasteiger partial charge on any atom is 0.258 e. The van der Waals surface area contributed by atoms with Crippen molar-refractivity contribution >= 4 is 29.3 Å². The van der Waals surface area contributed by atoms with E-state index in [-0.39, 0.29) is 36.1 Å². The van der Waals surface area contributed by atoms with Crippen LogP contribution in [0.5, 0.6) is 0 Å². The molecule has 1 aliphatic carbocycles. The molecule has 0 aromatic heterocycles. The fourth-order valence-corrected chi connectivity index (χ4v) is 5.71. The minimum atomic E-state index is -0.657. The van der Waals surface area contributed by atoms with Gasteiger partial charge in [0.15, 0.2) is 0 Å². The summed E-state index contributed by atoms with van der Waals surface area (Å²) in [7, 11) is 0. The second-order valence-electron chi connectivity index (χ2n) is 9.31. The van der Waals surface area contributed by atoms with Crippen LogP contribution < -0.4 is 10.2 Å². The number of hydrogen-bond acceptors (Lipinski definition) is 4. The zero-order valence-electron chi connectivity index (χ0n) is 17.6. The molecule has 0 bridgehead atoms. The number of nitrogens with one attached hydrogen (secondary N) is 1. The van der Waals surface area contributed by atoms with Gasteiger partial charge >= 0.3 is 0 Å². The summed E-state index contributed by atoms with van der Waals surface area (Å²) in [5.41, 5.74) is 4.15. The molecule has 3 heterocycles. The number of rotatable bonds is 2. The third kappa shape index (κ3) is 2.66. The summed E-state index contributed by atoms with van der Waals surface area (Å²) in [6.07, 6.45) is 3.94. The summed E-state index contributed by atoms with van der Waals surface area (Å²) in [5, 5.41) is 2.32. The molecule has 4 aliphatic rings. The molecule has 1 spiro atoms. The van der Waals surface area contributed by atoms with Crippen LogP contribution in [0.15, 0.2) is 42.5 Å². The van der Waals surface area contributed by atoms with Crippen molar-refractivity contribution in [3.8, 4) is 0 Å². The van der Waals surface area contributed by atoms with E-state index in [1.165, 1.54) is 16.9 Å². The molecule has 0 radical (unpaired) electrons. The van der Waals surface area contributed by atoms with Gasteiger partial charge in [0.1, 0.15) is 6.04 Å². The second kappa shape index (κ2) is 6.76. The van der Waals surface area contributed by atoms with Crippen LogP contribution in [0.1, 0.15) is 63.9 Å². The highest BCUT2D eigenvalue weighted by molar-refractivity contribution is 6.10. The number of fused-ring (bicyclic) bond motifs is 3. The Balaban J connectivity index is 1.28. The molecule has 2 fully saturated rings. The summed E-state index contributed by atoms with van der Waals surface area (Å²) in [6.45, 7) is 0.964. The van der Waals surface area contributed by atoms with Crippen LogP contribution in [0, 0.1) is 0 Å². The normalized spacial score (nSPS) is 23.1. The van der Waals surface area contributed by atoms with Crippen molar-refractivity contribution in [1.82, 2.24) is 10.2 Å². The molecule has 162 valence electrons. The van der Waals surface area contributed by atoms with Crippen molar-refractivity contribution in [1.29, 1.82) is 0 Å². The molecule has 7 heteroatoms. The first kappa shape index (κ1) is 19.2. The molecule has 2 aromatic carbocycles. The van der Waals surface area contributed by atoms with Crippen LogP contribution in [-0.2, 0) is 21.5 Å². The molecule has 3 aliphatic heterocycles. The third-order valence-electron chi connectivity index (χ3n) is 7.55. The number of piperidine rings is 1. The van der Waals surface area contributed by atoms with E-state index < -0.39 is 11.9 Å². The van der Waals surface area contributed by atoms with Gasteiger partial charge in [0.25, 0.3) is 11.8 Å². The van der Waals surface area contributed by atoms with Crippen LogP contribution in [0.25, 0.3) is 0 Å². The van der Waals surface area contributed by atoms with Gasteiger partial charge in [-0.1, -0.05) is 24.6 Å². The lowest BCUT2D eigenvalue weighted by molar-refractivity contribution is -0.136. The standard InChI is InChI=1S/C25H23N3O4/c29-21-9-8-20(22(30)26-21)27-13-16-12-15(6-7-17(16)24(27)32)23(31)28-14-25(10-3-11-25)18-4-1-2-5-19(18)28/h1-2,4-7,12,20H,3,8-11,13-14H2,(H,26,29,30). The Kier molecular flexibility index (Phi) is 4.06. The number of carbonyl (C=O) groups is 4. The maximum absolute atomic E-state index is 13.5. The molecule has 4 amide bonds. The third-order valence-corrected chi connectivity index (χ3v) is 7.55. The molecule has 6 rings (SSSR count). The number of para-hydroxylation sites is 1. The van der Waals surface area contributed by atoms with Gasteiger partial charge in [-0.2, -0.15) is 0 Å². The molecule has 1 N–H and O–H groups in total. The molecule has 1 saturated heterocycles. The number of benzene rings is 2. The molecule has 1 saturated carbocycles. The fourth-order valence-electron chi connectivity index (χ4n) is 5.71. The zero-order chi connectivity index (χ0) is 22.0. The van der Waals surface area contributed by atoms with Gasteiger partial charge in [-0.05, 0) is 54.7 Å². The Labute approximate surface area is 185 Å². The SMILES string of the molecule is O=C1CCC(N2Cc3cc(C(=O)N4CC5(CCC5)c5ccccc54)ccc3C2=O)C(=O)N1. The lowest BCUT2D eigenvalue weighted by Crippen LogP contribution is -2.52. The predicted molar refractivity (Wildman–Crippen MR) is 116 cm³/mol. The van der Waals surface area contributed by atoms with E-state index in [0.717, 1.165) is 24.1 Å². The molecular weight excluding hydrogens is 406 g/mol. The van der Waals surface area contributed by atoms with Crippen molar-refractivity contribution in [3.05, 3.63) is 64.7 Å². The Hall–Kier alpha value is -3.48. The van der Waals surface area contributed by atoms with Gasteiger partial charge in [0, 0.05) is 41.7 Å². The van der Waals surface area contributed by atoms with E-state index in [9.17, 15) is 19.2 Å². The number of amides is 4. The van der Waals surface area contributed by atoms with Crippen LogP contribution in [0.4, 0.5) is 5.69 Å². The Bertz CT molecular complexity index is 1200. The van der Waals surface area contributed by atoms with E-state index in [0.29, 0.717) is 24.1 Å². The lowest BCUT2D eigenvalue weighted by Gasteiger charge is -2.39. The molecule has 1 atom stereocenters. The van der Waals surface area contributed by atoms with Gasteiger partial charge in [0.05, 0.1) is 0 Å². The number of carbonyl (C=O) groups excluding carboxylic acids is 4. The lowest BCUT2D eigenvalue weighted by atomic mass is 9.66. The van der Waals surface area contributed by atoms with E-state index in [4.69, 9.17) is 0 Å². The van der Waals surface area contributed by atoms with E-state index in [1.807, 2.05) is 23.1 Å². The Morgan fingerprint density at radius 1 is 1.06 bits per heavy atom. The quantitative estimate of drug-likeness (QED) is 0.744. The van der Waals surface area contributed by atoms with Gasteiger partial charge in [-0.25, -0.2) is 0 Å². The first-order valence-corrected chi connectivity index (χ1v) is 11.2. The molecule has 2 aromatic rings. The Morgan fingerprint density at radius 3 is 2.62 bits per heavy atom.